The van der Waals surface area contributed by atoms with Crippen molar-refractivity contribution < 1.29 is 4.79 Å². The zero-order chi connectivity index (χ0) is 15.7. The highest BCUT2D eigenvalue weighted by atomic mass is 79.9. The number of benzene rings is 1. The molecule has 0 aliphatic rings. The number of ketones is 1. The molecule has 2 aromatic heterocycles. The second-order valence-corrected chi connectivity index (χ2v) is 8.00. The Morgan fingerprint density at radius 2 is 2.09 bits per heavy atom. The van der Waals surface area contributed by atoms with Gasteiger partial charge >= 0.3 is 0 Å². The third kappa shape index (κ3) is 3.02. The number of hydrogen-bond acceptors (Lipinski definition) is 5. The van der Waals surface area contributed by atoms with Gasteiger partial charge in [-0.25, -0.2) is 4.98 Å². The lowest BCUT2D eigenvalue weighted by Gasteiger charge is -2.07. The SMILES string of the molecule is Cn1c(SCC(=O)c2ccc(Br)s2)nc2ccccc2c1=O. The topological polar surface area (TPSA) is 52.0 Å². The first-order chi connectivity index (χ1) is 10.6. The van der Waals surface area contributed by atoms with Crippen molar-refractivity contribution in [3.8, 4) is 0 Å². The van der Waals surface area contributed by atoms with Gasteiger partial charge in [0.25, 0.3) is 5.56 Å². The van der Waals surface area contributed by atoms with Gasteiger partial charge in [0.05, 0.1) is 25.3 Å². The first-order valence-corrected chi connectivity index (χ1v) is 9.03. The molecule has 0 N–H and O–H groups in total. The fourth-order valence-corrected chi connectivity index (χ4v) is 4.26. The van der Waals surface area contributed by atoms with Gasteiger partial charge in [0, 0.05) is 7.05 Å². The zero-order valence-corrected chi connectivity index (χ0v) is 14.8. The van der Waals surface area contributed by atoms with Crippen molar-refractivity contribution in [3.05, 3.63) is 55.4 Å². The molecule has 0 amide bonds. The van der Waals surface area contributed by atoms with Gasteiger partial charge in [-0.2, -0.15) is 0 Å². The summed E-state index contributed by atoms with van der Waals surface area (Å²) in [6.45, 7) is 0. The van der Waals surface area contributed by atoms with Crippen LogP contribution in [0.2, 0.25) is 0 Å². The Bertz CT molecular complexity index is 917. The highest BCUT2D eigenvalue weighted by Crippen LogP contribution is 2.25. The number of Topliss-reactive ketones (excluding diaryl/α,β-unsaturated/α-hetero) is 1. The third-order valence-corrected chi connectivity index (χ3v) is 5.82. The third-order valence-electron chi connectivity index (χ3n) is 3.12. The summed E-state index contributed by atoms with van der Waals surface area (Å²) in [5, 5.41) is 1.13. The van der Waals surface area contributed by atoms with E-state index in [0.29, 0.717) is 20.9 Å². The van der Waals surface area contributed by atoms with E-state index in [1.54, 1.807) is 25.2 Å². The van der Waals surface area contributed by atoms with E-state index < -0.39 is 0 Å². The van der Waals surface area contributed by atoms with Gasteiger partial charge in [-0.05, 0) is 40.2 Å². The summed E-state index contributed by atoms with van der Waals surface area (Å²) < 4.78 is 2.42. The molecule has 1 aromatic carbocycles. The van der Waals surface area contributed by atoms with Crippen LogP contribution >= 0.6 is 39.0 Å². The number of thiophene rings is 1. The Morgan fingerprint density at radius 1 is 1.32 bits per heavy atom. The fourth-order valence-electron chi connectivity index (χ4n) is 1.99. The van der Waals surface area contributed by atoms with Gasteiger partial charge in [-0.15, -0.1) is 11.3 Å². The van der Waals surface area contributed by atoms with E-state index in [9.17, 15) is 9.59 Å². The number of fused-ring (bicyclic) bond motifs is 1. The predicted octanol–water partition coefficient (Wildman–Crippen LogP) is 3.73. The molecule has 0 spiro atoms. The molecule has 0 saturated heterocycles. The number of hydrogen-bond donors (Lipinski definition) is 0. The zero-order valence-electron chi connectivity index (χ0n) is 11.6. The molecule has 7 heteroatoms. The van der Waals surface area contributed by atoms with Crippen LogP contribution in [0.3, 0.4) is 0 Å². The summed E-state index contributed by atoms with van der Waals surface area (Å²) in [4.78, 5) is 29.6. The minimum absolute atomic E-state index is 0.0307. The van der Waals surface area contributed by atoms with E-state index in [4.69, 9.17) is 0 Å². The quantitative estimate of drug-likeness (QED) is 0.384. The Hall–Kier alpha value is -1.44. The molecule has 22 heavy (non-hydrogen) atoms. The van der Waals surface area contributed by atoms with Gasteiger partial charge in [0.1, 0.15) is 0 Å². The minimum Gasteiger partial charge on any atom is -0.292 e. The van der Waals surface area contributed by atoms with E-state index in [1.807, 2.05) is 18.2 Å². The summed E-state index contributed by atoms with van der Waals surface area (Å²) >= 11 is 6.03. The van der Waals surface area contributed by atoms with Crippen molar-refractivity contribution in [2.24, 2.45) is 7.05 Å². The number of aromatic nitrogens is 2. The summed E-state index contributed by atoms with van der Waals surface area (Å²) in [5.41, 5.74) is 0.554. The summed E-state index contributed by atoms with van der Waals surface area (Å²) in [7, 11) is 1.68. The molecule has 2 heterocycles. The average Bonchev–Trinajstić information content (AvgIpc) is 2.96. The fraction of sp³-hybridized carbons (Fsp3) is 0.133. The van der Waals surface area contributed by atoms with Crippen LogP contribution in [0.1, 0.15) is 9.67 Å². The van der Waals surface area contributed by atoms with Crippen LogP contribution in [0.5, 0.6) is 0 Å². The largest absolute Gasteiger partial charge is 0.292 e. The normalized spacial score (nSPS) is 11.0. The van der Waals surface area contributed by atoms with Crippen molar-refractivity contribution in [1.82, 2.24) is 9.55 Å². The molecular weight excluding hydrogens is 384 g/mol. The number of nitrogens with zero attached hydrogens (tertiary/aromatic N) is 2. The number of thioether (sulfide) groups is 1. The van der Waals surface area contributed by atoms with Crippen LogP contribution in [0.25, 0.3) is 10.9 Å². The summed E-state index contributed by atoms with van der Waals surface area (Å²) in [5.74, 6) is 0.286. The molecule has 0 unspecified atom stereocenters. The molecular formula is C15H11BrN2O2S2. The molecule has 0 radical (unpaired) electrons. The second-order valence-electron chi connectivity index (χ2n) is 4.59. The van der Waals surface area contributed by atoms with Gasteiger partial charge in [-0.1, -0.05) is 23.9 Å². The lowest BCUT2D eigenvalue weighted by atomic mass is 10.2. The van der Waals surface area contributed by atoms with E-state index in [0.717, 1.165) is 3.79 Å². The van der Waals surface area contributed by atoms with Crippen LogP contribution in [0.4, 0.5) is 0 Å². The number of carbonyl (C=O) groups is 1. The van der Waals surface area contributed by atoms with Gasteiger partial charge in [-0.3, -0.25) is 14.2 Å². The number of halogens is 1. The first kappa shape index (κ1) is 15.5. The predicted molar refractivity (Wildman–Crippen MR) is 94.1 cm³/mol. The van der Waals surface area contributed by atoms with Crippen LogP contribution in [0, 0.1) is 0 Å². The van der Waals surface area contributed by atoms with Crippen molar-refractivity contribution in [1.29, 1.82) is 0 Å². The van der Waals surface area contributed by atoms with E-state index in [1.165, 1.54) is 27.7 Å². The lowest BCUT2D eigenvalue weighted by Crippen LogP contribution is -2.20. The molecule has 4 nitrogen and oxygen atoms in total. The van der Waals surface area contributed by atoms with Crippen molar-refractivity contribution in [2.45, 2.75) is 5.16 Å². The maximum absolute atomic E-state index is 12.3. The Kier molecular flexibility index (Phi) is 4.46. The molecule has 0 saturated carbocycles. The lowest BCUT2D eigenvalue weighted by molar-refractivity contribution is 0.102. The average molecular weight is 395 g/mol. The second kappa shape index (κ2) is 6.36. The smallest absolute Gasteiger partial charge is 0.261 e. The highest BCUT2D eigenvalue weighted by Gasteiger charge is 2.13. The molecule has 0 aliphatic carbocycles. The van der Waals surface area contributed by atoms with Gasteiger partial charge in [0.2, 0.25) is 0 Å². The molecule has 112 valence electrons. The maximum atomic E-state index is 12.3. The minimum atomic E-state index is -0.0978. The Morgan fingerprint density at radius 3 is 2.82 bits per heavy atom. The standard InChI is InChI=1S/C15H11BrN2O2S2/c1-18-14(20)9-4-2-3-5-10(9)17-15(18)21-8-11(19)12-6-7-13(16)22-12/h2-7H,8H2,1H3. The molecule has 0 aliphatic heterocycles. The van der Waals surface area contributed by atoms with Gasteiger partial charge in [0.15, 0.2) is 10.9 Å². The summed E-state index contributed by atoms with van der Waals surface area (Å²) in [6.07, 6.45) is 0. The van der Waals surface area contributed by atoms with Gasteiger partial charge < -0.3 is 0 Å². The summed E-state index contributed by atoms with van der Waals surface area (Å²) in [6, 6.07) is 10.9. The Labute approximate surface area is 143 Å². The number of rotatable bonds is 4. The Balaban J connectivity index is 1.86. The van der Waals surface area contributed by atoms with E-state index >= 15 is 0 Å². The molecule has 0 fully saturated rings. The number of para-hydroxylation sites is 1. The highest BCUT2D eigenvalue weighted by molar-refractivity contribution is 9.11. The van der Waals surface area contributed by atoms with Crippen LogP contribution < -0.4 is 5.56 Å². The monoisotopic (exact) mass is 394 g/mol. The van der Waals surface area contributed by atoms with Crippen molar-refractivity contribution in [2.75, 3.05) is 5.75 Å². The molecule has 3 aromatic rings. The first-order valence-electron chi connectivity index (χ1n) is 6.43. The van der Waals surface area contributed by atoms with Crippen LogP contribution in [-0.4, -0.2) is 21.1 Å². The van der Waals surface area contributed by atoms with Crippen molar-refractivity contribution >= 4 is 55.7 Å². The van der Waals surface area contributed by atoms with E-state index in [-0.39, 0.29) is 17.1 Å². The van der Waals surface area contributed by atoms with Crippen LogP contribution in [-0.2, 0) is 7.05 Å². The molecule has 3 rings (SSSR count). The molecule has 0 atom stereocenters. The van der Waals surface area contributed by atoms with E-state index in [2.05, 4.69) is 20.9 Å². The maximum Gasteiger partial charge on any atom is 0.261 e. The molecule has 0 bridgehead atoms. The van der Waals surface area contributed by atoms with Crippen molar-refractivity contribution in [3.63, 3.8) is 0 Å². The number of carbonyl (C=O) groups excluding carboxylic acids is 1. The van der Waals surface area contributed by atoms with Crippen LogP contribution in [0.15, 0.2) is 50.1 Å².